The maximum atomic E-state index is 12.5. The van der Waals surface area contributed by atoms with Crippen molar-refractivity contribution in [3.05, 3.63) is 65.2 Å². The first-order valence-corrected chi connectivity index (χ1v) is 8.83. The summed E-state index contributed by atoms with van der Waals surface area (Å²) >= 11 is 5.84. The Hall–Kier alpha value is -2.57. The van der Waals surface area contributed by atoms with Gasteiger partial charge in [-0.3, -0.25) is 10.1 Å². The monoisotopic (exact) mass is 376 g/mol. The van der Waals surface area contributed by atoms with Crippen molar-refractivity contribution in [3.8, 4) is 5.75 Å². The number of halogens is 1. The molecule has 0 saturated carbocycles. The molecule has 4 N–H and O–H groups in total. The molecule has 2 aromatic carbocycles. The Morgan fingerprint density at radius 3 is 2.46 bits per heavy atom. The standard InChI is InChI=1S/C19H22ClN3O3/c1-2-21-19(25)23-18(24)17(14-6-4-3-5-7-14)22-12-13-26-16-10-8-15(20)9-11-16/h3-11,17,22H,2,12-13H2,1H3,(H2,21,23,24,25)/p+1/t17-/m0/s1. The minimum absolute atomic E-state index is 0.367. The normalized spacial score (nSPS) is 11.5. The average molecular weight is 377 g/mol. The van der Waals surface area contributed by atoms with Crippen molar-refractivity contribution in [2.45, 2.75) is 13.0 Å². The zero-order chi connectivity index (χ0) is 18.8. The second-order valence-corrected chi connectivity index (χ2v) is 6.00. The van der Waals surface area contributed by atoms with E-state index in [1.807, 2.05) is 35.6 Å². The third-order valence-electron chi connectivity index (χ3n) is 3.62. The molecule has 1 atom stereocenters. The quantitative estimate of drug-likeness (QED) is 0.615. The fraction of sp³-hybridized carbons (Fsp3) is 0.263. The number of hydrogen-bond donors (Lipinski definition) is 3. The predicted molar refractivity (Wildman–Crippen MR) is 100 cm³/mol. The zero-order valence-electron chi connectivity index (χ0n) is 14.6. The molecular formula is C19H23ClN3O3+. The number of benzene rings is 2. The summed E-state index contributed by atoms with van der Waals surface area (Å²) in [5.74, 6) is 0.347. The van der Waals surface area contributed by atoms with E-state index in [1.54, 1.807) is 31.2 Å². The van der Waals surface area contributed by atoms with Crippen LogP contribution in [0.3, 0.4) is 0 Å². The lowest BCUT2D eigenvalue weighted by molar-refractivity contribution is -0.683. The molecule has 0 heterocycles. The van der Waals surface area contributed by atoms with Gasteiger partial charge >= 0.3 is 6.03 Å². The fourth-order valence-corrected chi connectivity index (χ4v) is 2.52. The second kappa shape index (κ2) is 10.4. The number of carbonyl (C=O) groups excluding carboxylic acids is 2. The highest BCUT2D eigenvalue weighted by Crippen LogP contribution is 2.15. The van der Waals surface area contributed by atoms with Crippen LogP contribution in [0.4, 0.5) is 4.79 Å². The summed E-state index contributed by atoms with van der Waals surface area (Å²) in [5.41, 5.74) is 0.820. The van der Waals surface area contributed by atoms with Gasteiger partial charge in [0.25, 0.3) is 5.91 Å². The van der Waals surface area contributed by atoms with Crippen molar-refractivity contribution >= 4 is 23.5 Å². The lowest BCUT2D eigenvalue weighted by Crippen LogP contribution is -2.88. The first kappa shape index (κ1) is 19.8. The topological polar surface area (TPSA) is 84.0 Å². The first-order valence-electron chi connectivity index (χ1n) is 8.45. The third kappa shape index (κ3) is 6.38. The summed E-state index contributed by atoms with van der Waals surface area (Å²) in [6.45, 7) is 3.21. The van der Waals surface area contributed by atoms with Crippen LogP contribution < -0.4 is 20.7 Å². The molecule has 0 bridgehead atoms. The predicted octanol–water partition coefficient (Wildman–Crippen LogP) is 1.87. The molecule has 138 valence electrons. The average Bonchev–Trinajstić information content (AvgIpc) is 2.64. The smallest absolute Gasteiger partial charge is 0.321 e. The number of ether oxygens (including phenoxy) is 1. The number of imide groups is 1. The Balaban J connectivity index is 1.92. The van der Waals surface area contributed by atoms with Crippen molar-refractivity contribution in [1.29, 1.82) is 0 Å². The van der Waals surface area contributed by atoms with E-state index in [0.29, 0.717) is 30.5 Å². The number of quaternary nitrogens is 1. The molecule has 0 spiro atoms. The molecule has 26 heavy (non-hydrogen) atoms. The molecule has 7 heteroatoms. The number of rotatable bonds is 8. The minimum Gasteiger partial charge on any atom is -0.488 e. The van der Waals surface area contributed by atoms with Gasteiger partial charge in [0, 0.05) is 17.1 Å². The van der Waals surface area contributed by atoms with Gasteiger partial charge in [-0.25, -0.2) is 4.79 Å². The van der Waals surface area contributed by atoms with Crippen LogP contribution in [0.25, 0.3) is 0 Å². The molecule has 0 fully saturated rings. The highest BCUT2D eigenvalue weighted by molar-refractivity contribution is 6.30. The van der Waals surface area contributed by atoms with Gasteiger partial charge in [0.05, 0.1) is 0 Å². The van der Waals surface area contributed by atoms with Gasteiger partial charge < -0.3 is 15.4 Å². The van der Waals surface area contributed by atoms with Crippen molar-refractivity contribution < 1.29 is 19.6 Å². The largest absolute Gasteiger partial charge is 0.488 e. The third-order valence-corrected chi connectivity index (χ3v) is 3.87. The lowest BCUT2D eigenvalue weighted by atomic mass is 10.1. The molecular weight excluding hydrogens is 354 g/mol. The maximum Gasteiger partial charge on any atom is 0.321 e. The Morgan fingerprint density at radius 1 is 1.12 bits per heavy atom. The molecule has 0 aliphatic carbocycles. The van der Waals surface area contributed by atoms with E-state index in [1.165, 1.54) is 0 Å². The lowest BCUT2D eigenvalue weighted by Gasteiger charge is -2.16. The molecule has 0 radical (unpaired) electrons. The SMILES string of the molecule is CCNC(=O)NC(=O)[C@@H]([NH2+]CCOc1ccc(Cl)cc1)c1ccccc1. The number of nitrogens with two attached hydrogens (primary N) is 1. The van der Waals surface area contributed by atoms with Gasteiger partial charge in [-0.1, -0.05) is 41.9 Å². The number of carbonyl (C=O) groups is 2. The summed E-state index contributed by atoms with van der Waals surface area (Å²) in [6, 6.07) is 15.4. The second-order valence-electron chi connectivity index (χ2n) is 5.56. The molecule has 6 nitrogen and oxygen atoms in total. The number of nitrogens with one attached hydrogen (secondary N) is 2. The van der Waals surface area contributed by atoms with Crippen molar-refractivity contribution in [1.82, 2.24) is 10.6 Å². The Labute approximate surface area is 157 Å². The highest BCUT2D eigenvalue weighted by Gasteiger charge is 2.25. The van der Waals surface area contributed by atoms with Crippen LogP contribution in [0.15, 0.2) is 54.6 Å². The molecule has 0 saturated heterocycles. The van der Waals surface area contributed by atoms with E-state index in [9.17, 15) is 9.59 Å². The molecule has 0 unspecified atom stereocenters. The van der Waals surface area contributed by atoms with Gasteiger partial charge in [-0.2, -0.15) is 0 Å². The molecule has 0 aromatic heterocycles. The van der Waals surface area contributed by atoms with Gasteiger partial charge in [-0.15, -0.1) is 0 Å². The van der Waals surface area contributed by atoms with Crippen molar-refractivity contribution in [3.63, 3.8) is 0 Å². The van der Waals surface area contributed by atoms with Gasteiger partial charge in [0.15, 0.2) is 6.04 Å². The fourth-order valence-electron chi connectivity index (χ4n) is 2.39. The van der Waals surface area contributed by atoms with Gasteiger partial charge in [0.2, 0.25) is 0 Å². The number of amides is 3. The van der Waals surface area contributed by atoms with Crippen LogP contribution in [-0.4, -0.2) is 31.6 Å². The summed E-state index contributed by atoms with van der Waals surface area (Å²) in [4.78, 5) is 24.1. The van der Waals surface area contributed by atoms with Gasteiger partial charge in [0.1, 0.15) is 18.9 Å². The first-order chi connectivity index (χ1) is 12.6. The molecule has 0 aliphatic rings. The van der Waals surface area contributed by atoms with Crippen LogP contribution in [0.1, 0.15) is 18.5 Å². The van der Waals surface area contributed by atoms with Crippen molar-refractivity contribution in [2.75, 3.05) is 19.7 Å². The van der Waals surface area contributed by atoms with Crippen LogP contribution >= 0.6 is 11.6 Å². The van der Waals surface area contributed by atoms with E-state index in [4.69, 9.17) is 16.3 Å². The molecule has 3 amide bonds. The van der Waals surface area contributed by atoms with Crippen LogP contribution in [-0.2, 0) is 4.79 Å². The Bertz CT molecular complexity index is 708. The maximum absolute atomic E-state index is 12.5. The van der Waals surface area contributed by atoms with Crippen LogP contribution in [0.5, 0.6) is 5.75 Å². The van der Waals surface area contributed by atoms with Crippen LogP contribution in [0.2, 0.25) is 5.02 Å². The van der Waals surface area contributed by atoms with E-state index < -0.39 is 12.1 Å². The summed E-state index contributed by atoms with van der Waals surface area (Å²) in [7, 11) is 0. The van der Waals surface area contributed by atoms with Gasteiger partial charge in [-0.05, 0) is 31.2 Å². The Kier molecular flexibility index (Phi) is 7.92. The molecule has 2 rings (SSSR count). The van der Waals surface area contributed by atoms with E-state index in [0.717, 1.165) is 5.56 Å². The van der Waals surface area contributed by atoms with Crippen LogP contribution in [0, 0.1) is 0 Å². The highest BCUT2D eigenvalue weighted by atomic mass is 35.5. The summed E-state index contributed by atoms with van der Waals surface area (Å²) < 4.78 is 5.65. The molecule has 2 aromatic rings. The van der Waals surface area contributed by atoms with E-state index in [-0.39, 0.29) is 5.91 Å². The zero-order valence-corrected chi connectivity index (χ0v) is 15.3. The van der Waals surface area contributed by atoms with E-state index >= 15 is 0 Å². The summed E-state index contributed by atoms with van der Waals surface area (Å²) in [6.07, 6.45) is 0. The number of urea groups is 1. The van der Waals surface area contributed by atoms with E-state index in [2.05, 4.69) is 10.6 Å². The minimum atomic E-state index is -0.535. The Morgan fingerprint density at radius 2 is 1.81 bits per heavy atom. The van der Waals surface area contributed by atoms with Crippen molar-refractivity contribution in [2.24, 2.45) is 0 Å². The molecule has 0 aliphatic heterocycles. The number of hydrogen-bond acceptors (Lipinski definition) is 3. The summed E-state index contributed by atoms with van der Waals surface area (Å²) in [5, 5.41) is 7.42.